The highest BCUT2D eigenvalue weighted by Gasteiger charge is 2.56. The van der Waals surface area contributed by atoms with E-state index in [0.717, 1.165) is 5.56 Å². The Morgan fingerprint density at radius 1 is 1.04 bits per heavy atom. The fourth-order valence-corrected chi connectivity index (χ4v) is 2.67. The lowest BCUT2D eigenvalue weighted by Crippen LogP contribution is -2.39. The third-order valence-corrected chi connectivity index (χ3v) is 4.24. The van der Waals surface area contributed by atoms with Crippen molar-refractivity contribution in [3.8, 4) is 0 Å². The number of benzene rings is 1. The van der Waals surface area contributed by atoms with Crippen LogP contribution in [-0.2, 0) is 20.9 Å². The number of amides is 3. The number of nitrogens with zero attached hydrogens (tertiary/aromatic N) is 1. The van der Waals surface area contributed by atoms with Crippen molar-refractivity contribution in [3.05, 3.63) is 54.4 Å². The lowest BCUT2D eigenvalue weighted by atomic mass is 10.0. The first-order valence-electron chi connectivity index (χ1n) is 8.36. The van der Waals surface area contributed by atoms with E-state index in [4.69, 9.17) is 0 Å². The summed E-state index contributed by atoms with van der Waals surface area (Å²) in [6, 6.07) is 10.5. The molecule has 7 heteroatoms. The molecular formula is C19H20N4O3. The molecule has 1 fully saturated rings. The highest BCUT2D eigenvalue weighted by atomic mass is 16.2. The topological polar surface area (TPSA) is 100 Å². The van der Waals surface area contributed by atoms with Crippen LogP contribution in [0.2, 0.25) is 0 Å². The Balaban J connectivity index is 1.61. The molecule has 0 unspecified atom stereocenters. The lowest BCUT2D eigenvalue weighted by Gasteiger charge is -2.16. The molecule has 3 amide bonds. The molecule has 1 aromatic carbocycles. The summed E-state index contributed by atoms with van der Waals surface area (Å²) in [5.41, 5.74) is 0.973. The van der Waals surface area contributed by atoms with Crippen LogP contribution in [0.25, 0.3) is 0 Å². The number of carbonyl (C=O) groups is 3. The first-order chi connectivity index (χ1) is 12.5. The average Bonchev–Trinajstić information content (AvgIpc) is 3.42. The SMILES string of the molecule is CC(=O)Nc1cccc(NC(=O)C2(C(=O)NCc3cccnc3)CC2)c1. The quantitative estimate of drug-likeness (QED) is 0.693. The Morgan fingerprint density at radius 2 is 1.77 bits per heavy atom. The second-order valence-electron chi connectivity index (χ2n) is 6.34. The second kappa shape index (κ2) is 7.35. The highest BCUT2D eigenvalue weighted by molar-refractivity contribution is 6.13. The number of anilines is 2. The van der Waals surface area contributed by atoms with Gasteiger partial charge in [0.25, 0.3) is 0 Å². The van der Waals surface area contributed by atoms with Gasteiger partial charge in [-0.05, 0) is 42.7 Å². The molecule has 0 saturated heterocycles. The monoisotopic (exact) mass is 352 g/mol. The van der Waals surface area contributed by atoms with Crippen molar-refractivity contribution in [2.75, 3.05) is 10.6 Å². The molecule has 26 heavy (non-hydrogen) atoms. The maximum Gasteiger partial charge on any atom is 0.240 e. The Morgan fingerprint density at radius 3 is 2.38 bits per heavy atom. The third kappa shape index (κ3) is 4.05. The Hall–Kier alpha value is -3.22. The zero-order chi connectivity index (χ0) is 18.6. The van der Waals surface area contributed by atoms with Crippen LogP contribution in [0.15, 0.2) is 48.8 Å². The molecule has 1 heterocycles. The van der Waals surface area contributed by atoms with E-state index < -0.39 is 5.41 Å². The van der Waals surface area contributed by atoms with Gasteiger partial charge in [-0.3, -0.25) is 19.4 Å². The van der Waals surface area contributed by atoms with Gasteiger partial charge >= 0.3 is 0 Å². The fraction of sp³-hybridized carbons (Fsp3) is 0.263. The highest BCUT2D eigenvalue weighted by Crippen LogP contribution is 2.47. The van der Waals surface area contributed by atoms with Gasteiger partial charge in [0.05, 0.1) is 0 Å². The van der Waals surface area contributed by atoms with E-state index in [1.54, 1.807) is 42.7 Å². The maximum atomic E-state index is 12.6. The molecule has 1 aliphatic carbocycles. The van der Waals surface area contributed by atoms with Crippen LogP contribution < -0.4 is 16.0 Å². The van der Waals surface area contributed by atoms with Crippen molar-refractivity contribution < 1.29 is 14.4 Å². The number of nitrogens with one attached hydrogen (secondary N) is 3. The minimum atomic E-state index is -1.02. The molecule has 7 nitrogen and oxygen atoms in total. The Kier molecular flexibility index (Phi) is 4.97. The van der Waals surface area contributed by atoms with Gasteiger partial charge in [-0.15, -0.1) is 0 Å². The lowest BCUT2D eigenvalue weighted by molar-refractivity contribution is -0.134. The van der Waals surface area contributed by atoms with Crippen LogP contribution >= 0.6 is 0 Å². The number of pyridine rings is 1. The van der Waals surface area contributed by atoms with Crippen LogP contribution in [0.5, 0.6) is 0 Å². The molecule has 0 atom stereocenters. The van der Waals surface area contributed by atoms with Crippen LogP contribution in [0.1, 0.15) is 25.3 Å². The van der Waals surface area contributed by atoms with E-state index in [1.807, 2.05) is 6.07 Å². The van der Waals surface area contributed by atoms with Gasteiger partial charge in [0, 0.05) is 37.2 Å². The van der Waals surface area contributed by atoms with E-state index in [-0.39, 0.29) is 17.7 Å². The summed E-state index contributed by atoms with van der Waals surface area (Å²) in [6.45, 7) is 1.75. The standard InChI is InChI=1S/C19H20N4O3/c1-13(24)22-15-5-2-6-16(10-15)23-18(26)19(7-8-19)17(25)21-12-14-4-3-9-20-11-14/h2-6,9-11H,7-8,12H2,1H3,(H,21,25)(H,22,24)(H,23,26). The van der Waals surface area contributed by atoms with Crippen LogP contribution in [0.3, 0.4) is 0 Å². The van der Waals surface area contributed by atoms with Crippen molar-refractivity contribution >= 4 is 29.1 Å². The van der Waals surface area contributed by atoms with Gasteiger partial charge < -0.3 is 16.0 Å². The Bertz CT molecular complexity index is 832. The number of hydrogen-bond donors (Lipinski definition) is 3. The fourth-order valence-electron chi connectivity index (χ4n) is 2.67. The van der Waals surface area contributed by atoms with Gasteiger partial charge in [-0.1, -0.05) is 12.1 Å². The summed E-state index contributed by atoms with van der Waals surface area (Å²) < 4.78 is 0. The molecule has 1 aromatic heterocycles. The van der Waals surface area contributed by atoms with Crippen molar-refractivity contribution in [2.45, 2.75) is 26.3 Å². The summed E-state index contributed by atoms with van der Waals surface area (Å²) in [7, 11) is 0. The van der Waals surface area contributed by atoms with Crippen LogP contribution in [0, 0.1) is 5.41 Å². The summed E-state index contributed by atoms with van der Waals surface area (Å²) >= 11 is 0. The average molecular weight is 352 g/mol. The third-order valence-electron chi connectivity index (χ3n) is 4.24. The van der Waals surface area contributed by atoms with E-state index in [1.165, 1.54) is 6.92 Å². The molecule has 0 radical (unpaired) electrons. The minimum absolute atomic E-state index is 0.193. The maximum absolute atomic E-state index is 12.6. The van der Waals surface area contributed by atoms with E-state index in [2.05, 4.69) is 20.9 Å². The Labute approximate surface area is 151 Å². The number of rotatable bonds is 6. The molecule has 134 valence electrons. The van der Waals surface area contributed by atoms with Crippen molar-refractivity contribution in [3.63, 3.8) is 0 Å². The molecule has 1 aliphatic rings. The minimum Gasteiger partial charge on any atom is -0.351 e. The predicted molar refractivity (Wildman–Crippen MR) is 97.1 cm³/mol. The van der Waals surface area contributed by atoms with Gasteiger partial charge in [-0.2, -0.15) is 0 Å². The van der Waals surface area contributed by atoms with Crippen LogP contribution in [-0.4, -0.2) is 22.7 Å². The first kappa shape index (κ1) is 17.6. The van der Waals surface area contributed by atoms with Crippen molar-refractivity contribution in [1.82, 2.24) is 10.3 Å². The normalized spacial score (nSPS) is 14.2. The molecule has 3 rings (SSSR count). The molecule has 2 aromatic rings. The summed E-state index contributed by atoms with van der Waals surface area (Å²) in [5.74, 6) is -0.806. The van der Waals surface area contributed by atoms with Crippen LogP contribution in [0.4, 0.5) is 11.4 Å². The van der Waals surface area contributed by atoms with E-state index in [0.29, 0.717) is 30.8 Å². The summed E-state index contributed by atoms with van der Waals surface area (Å²) in [6.07, 6.45) is 4.37. The molecule has 0 bridgehead atoms. The zero-order valence-electron chi connectivity index (χ0n) is 14.4. The van der Waals surface area contributed by atoms with Gasteiger partial charge in [-0.25, -0.2) is 0 Å². The van der Waals surface area contributed by atoms with Gasteiger partial charge in [0.15, 0.2) is 0 Å². The molecular weight excluding hydrogens is 332 g/mol. The molecule has 0 aliphatic heterocycles. The predicted octanol–water partition coefficient (Wildman–Crippen LogP) is 2.08. The molecule has 1 saturated carbocycles. The second-order valence-corrected chi connectivity index (χ2v) is 6.34. The first-order valence-corrected chi connectivity index (χ1v) is 8.36. The summed E-state index contributed by atoms with van der Waals surface area (Å²) in [4.78, 5) is 40.2. The molecule has 0 spiro atoms. The largest absolute Gasteiger partial charge is 0.351 e. The molecule has 3 N–H and O–H groups in total. The van der Waals surface area contributed by atoms with Gasteiger partial charge in [0.2, 0.25) is 17.7 Å². The van der Waals surface area contributed by atoms with Crippen molar-refractivity contribution in [2.24, 2.45) is 5.41 Å². The van der Waals surface area contributed by atoms with Gasteiger partial charge in [0.1, 0.15) is 5.41 Å². The zero-order valence-corrected chi connectivity index (χ0v) is 14.4. The number of carbonyl (C=O) groups excluding carboxylic acids is 3. The van der Waals surface area contributed by atoms with E-state index >= 15 is 0 Å². The number of hydrogen-bond acceptors (Lipinski definition) is 4. The van der Waals surface area contributed by atoms with Crippen molar-refractivity contribution in [1.29, 1.82) is 0 Å². The van der Waals surface area contributed by atoms with E-state index in [9.17, 15) is 14.4 Å². The summed E-state index contributed by atoms with van der Waals surface area (Å²) in [5, 5.41) is 8.24. The smallest absolute Gasteiger partial charge is 0.240 e. The number of aromatic nitrogens is 1.